The Labute approximate surface area is 145 Å². The number of benzene rings is 2. The Morgan fingerprint density at radius 2 is 2.04 bits per heavy atom. The lowest BCUT2D eigenvalue weighted by atomic mass is 9.96. The zero-order valence-corrected chi connectivity index (χ0v) is 13.9. The number of fused-ring (bicyclic) bond motifs is 2. The topological polar surface area (TPSA) is 38.8 Å². The third kappa shape index (κ3) is 2.97. The van der Waals surface area contributed by atoms with Crippen LogP contribution in [0.1, 0.15) is 24.5 Å². The van der Waals surface area contributed by atoms with Gasteiger partial charge in [-0.15, -0.1) is 0 Å². The van der Waals surface area contributed by atoms with E-state index >= 15 is 0 Å². The zero-order valence-electron chi connectivity index (χ0n) is 13.9. The fraction of sp³-hybridized carbons (Fsp3) is 0.250. The van der Waals surface area contributed by atoms with Crippen molar-refractivity contribution in [2.45, 2.75) is 25.8 Å². The number of carbonyl (C=O) groups is 1. The molecule has 0 N–H and O–H groups in total. The van der Waals surface area contributed by atoms with Crippen LogP contribution in [-0.2, 0) is 11.2 Å². The third-order valence-electron chi connectivity index (χ3n) is 4.63. The molecular weight excluding hydrogens is 321 g/mol. The molecule has 2 heterocycles. The molecule has 0 spiro atoms. The maximum absolute atomic E-state index is 13.5. The van der Waals surface area contributed by atoms with Crippen LogP contribution < -0.4 is 14.4 Å². The normalized spacial score (nSPS) is 18.5. The minimum atomic E-state index is -0.267. The first-order valence-electron chi connectivity index (χ1n) is 8.31. The Kier molecular flexibility index (Phi) is 3.92. The number of nitrogens with zero attached hydrogens (tertiary/aromatic N) is 1. The molecule has 0 bridgehead atoms. The SMILES string of the molecule is CC1CCc2cc(F)ccc2N1C(=O)C=Cc1ccc2c(c1)OCO2. The number of amides is 1. The Hall–Kier alpha value is -2.82. The van der Waals surface area contributed by atoms with Gasteiger partial charge < -0.3 is 14.4 Å². The van der Waals surface area contributed by atoms with E-state index in [1.807, 2.05) is 25.1 Å². The van der Waals surface area contributed by atoms with E-state index in [-0.39, 0.29) is 24.6 Å². The van der Waals surface area contributed by atoms with Gasteiger partial charge in [0.2, 0.25) is 6.79 Å². The molecule has 2 aliphatic heterocycles. The van der Waals surface area contributed by atoms with Gasteiger partial charge in [-0.1, -0.05) is 6.07 Å². The van der Waals surface area contributed by atoms with Gasteiger partial charge >= 0.3 is 0 Å². The molecule has 0 radical (unpaired) electrons. The highest BCUT2D eigenvalue weighted by Gasteiger charge is 2.27. The predicted molar refractivity (Wildman–Crippen MR) is 93.3 cm³/mol. The molecule has 2 aromatic rings. The maximum Gasteiger partial charge on any atom is 0.251 e. The molecule has 2 aromatic carbocycles. The fourth-order valence-electron chi connectivity index (χ4n) is 3.32. The van der Waals surface area contributed by atoms with Crippen molar-refractivity contribution in [2.75, 3.05) is 11.7 Å². The lowest BCUT2D eigenvalue weighted by molar-refractivity contribution is -0.114. The average molecular weight is 339 g/mol. The highest BCUT2D eigenvalue weighted by molar-refractivity contribution is 6.05. The predicted octanol–water partition coefficient (Wildman–Crippen LogP) is 3.94. The monoisotopic (exact) mass is 339 g/mol. The van der Waals surface area contributed by atoms with Crippen molar-refractivity contribution in [3.63, 3.8) is 0 Å². The van der Waals surface area contributed by atoms with E-state index in [1.54, 1.807) is 23.1 Å². The van der Waals surface area contributed by atoms with E-state index in [0.29, 0.717) is 11.5 Å². The summed E-state index contributed by atoms with van der Waals surface area (Å²) in [6, 6.07) is 10.2. The highest BCUT2D eigenvalue weighted by Crippen LogP contribution is 2.33. The minimum Gasteiger partial charge on any atom is -0.454 e. The van der Waals surface area contributed by atoms with Gasteiger partial charge in [-0.3, -0.25) is 4.79 Å². The zero-order chi connectivity index (χ0) is 17.4. The van der Waals surface area contributed by atoms with Gasteiger partial charge in [-0.05, 0) is 67.3 Å². The van der Waals surface area contributed by atoms with Crippen LogP contribution in [0.4, 0.5) is 10.1 Å². The first-order chi connectivity index (χ1) is 12.1. The summed E-state index contributed by atoms with van der Waals surface area (Å²) >= 11 is 0. The molecule has 0 saturated carbocycles. The van der Waals surface area contributed by atoms with E-state index in [1.165, 1.54) is 12.1 Å². The van der Waals surface area contributed by atoms with Crippen molar-refractivity contribution in [3.05, 3.63) is 59.4 Å². The van der Waals surface area contributed by atoms with Crippen molar-refractivity contribution in [3.8, 4) is 11.5 Å². The van der Waals surface area contributed by atoms with E-state index in [4.69, 9.17) is 9.47 Å². The fourth-order valence-corrected chi connectivity index (χ4v) is 3.32. The summed E-state index contributed by atoms with van der Waals surface area (Å²) in [5.41, 5.74) is 2.53. The number of aryl methyl sites for hydroxylation is 1. The number of halogens is 1. The molecule has 0 aromatic heterocycles. The molecule has 1 amide bonds. The number of hydrogen-bond acceptors (Lipinski definition) is 3. The second-order valence-corrected chi connectivity index (χ2v) is 6.32. The van der Waals surface area contributed by atoms with Crippen molar-refractivity contribution in [2.24, 2.45) is 0 Å². The summed E-state index contributed by atoms with van der Waals surface area (Å²) in [5, 5.41) is 0. The van der Waals surface area contributed by atoms with E-state index in [0.717, 1.165) is 29.7 Å². The lowest BCUT2D eigenvalue weighted by Crippen LogP contribution is -2.41. The smallest absolute Gasteiger partial charge is 0.251 e. The van der Waals surface area contributed by atoms with Gasteiger partial charge in [0, 0.05) is 17.8 Å². The second kappa shape index (κ2) is 6.24. The van der Waals surface area contributed by atoms with Crippen LogP contribution in [0.25, 0.3) is 6.08 Å². The van der Waals surface area contributed by atoms with Gasteiger partial charge in [0.1, 0.15) is 5.82 Å². The quantitative estimate of drug-likeness (QED) is 0.778. The number of ether oxygens (including phenoxy) is 2. The highest BCUT2D eigenvalue weighted by atomic mass is 19.1. The number of anilines is 1. The van der Waals surface area contributed by atoms with Gasteiger partial charge in [-0.25, -0.2) is 4.39 Å². The molecule has 4 nitrogen and oxygen atoms in total. The molecule has 128 valence electrons. The van der Waals surface area contributed by atoms with Gasteiger partial charge in [0.25, 0.3) is 5.91 Å². The Balaban J connectivity index is 1.58. The molecule has 1 unspecified atom stereocenters. The summed E-state index contributed by atoms with van der Waals surface area (Å²) in [6.07, 6.45) is 4.91. The Morgan fingerprint density at radius 3 is 2.92 bits per heavy atom. The van der Waals surface area contributed by atoms with Crippen LogP contribution in [0.5, 0.6) is 11.5 Å². The van der Waals surface area contributed by atoms with Crippen LogP contribution in [0.3, 0.4) is 0 Å². The van der Waals surface area contributed by atoms with E-state index < -0.39 is 0 Å². The Morgan fingerprint density at radius 1 is 1.20 bits per heavy atom. The van der Waals surface area contributed by atoms with Crippen molar-refractivity contribution >= 4 is 17.7 Å². The van der Waals surface area contributed by atoms with Crippen LogP contribution in [0.15, 0.2) is 42.5 Å². The van der Waals surface area contributed by atoms with Crippen LogP contribution in [-0.4, -0.2) is 18.7 Å². The maximum atomic E-state index is 13.5. The number of hydrogen-bond donors (Lipinski definition) is 0. The lowest BCUT2D eigenvalue weighted by Gasteiger charge is -2.34. The van der Waals surface area contributed by atoms with Crippen LogP contribution >= 0.6 is 0 Å². The molecule has 0 aliphatic carbocycles. The van der Waals surface area contributed by atoms with Crippen molar-refractivity contribution in [1.82, 2.24) is 0 Å². The summed E-state index contributed by atoms with van der Waals surface area (Å²) in [7, 11) is 0. The number of rotatable bonds is 2. The largest absolute Gasteiger partial charge is 0.454 e. The van der Waals surface area contributed by atoms with E-state index in [2.05, 4.69) is 0 Å². The number of carbonyl (C=O) groups excluding carboxylic acids is 1. The van der Waals surface area contributed by atoms with Gasteiger partial charge in [-0.2, -0.15) is 0 Å². The van der Waals surface area contributed by atoms with Gasteiger partial charge in [0.05, 0.1) is 0 Å². The summed E-state index contributed by atoms with van der Waals surface area (Å²) in [4.78, 5) is 14.5. The molecule has 0 fully saturated rings. The summed E-state index contributed by atoms with van der Waals surface area (Å²) in [6.45, 7) is 2.23. The molecule has 4 rings (SSSR count). The first kappa shape index (κ1) is 15.7. The van der Waals surface area contributed by atoms with Crippen LogP contribution in [0.2, 0.25) is 0 Å². The van der Waals surface area contributed by atoms with Crippen molar-refractivity contribution < 1.29 is 18.7 Å². The third-order valence-corrected chi connectivity index (χ3v) is 4.63. The summed E-state index contributed by atoms with van der Waals surface area (Å²) < 4.78 is 24.1. The minimum absolute atomic E-state index is 0.0758. The first-order valence-corrected chi connectivity index (χ1v) is 8.31. The second-order valence-electron chi connectivity index (χ2n) is 6.32. The van der Waals surface area contributed by atoms with Gasteiger partial charge in [0.15, 0.2) is 11.5 Å². The van der Waals surface area contributed by atoms with Crippen molar-refractivity contribution in [1.29, 1.82) is 0 Å². The van der Waals surface area contributed by atoms with Crippen LogP contribution in [0, 0.1) is 5.82 Å². The molecule has 1 atom stereocenters. The standard InChI is InChI=1S/C20H18FNO3/c1-13-2-5-15-11-16(21)6-7-17(15)22(13)20(23)9-4-14-3-8-18-19(10-14)25-12-24-18/h3-4,6-11,13H,2,5,12H2,1H3. The molecule has 25 heavy (non-hydrogen) atoms. The molecular formula is C20H18FNO3. The average Bonchev–Trinajstić information content (AvgIpc) is 3.07. The molecule has 0 saturated heterocycles. The summed E-state index contributed by atoms with van der Waals surface area (Å²) in [5.74, 6) is 1.01. The van der Waals surface area contributed by atoms with E-state index in [9.17, 15) is 9.18 Å². The molecule has 2 aliphatic rings. The Bertz CT molecular complexity index is 862. The molecule has 5 heteroatoms.